The van der Waals surface area contributed by atoms with Gasteiger partial charge in [0, 0.05) is 29.6 Å². The lowest BCUT2D eigenvalue weighted by Gasteiger charge is -2.48. The van der Waals surface area contributed by atoms with Crippen LogP contribution in [0.4, 0.5) is 0 Å². The average Bonchev–Trinajstić information content (AvgIpc) is 2.94. The van der Waals surface area contributed by atoms with E-state index < -0.39 is 42.0 Å². The maximum absolute atomic E-state index is 13.3. The first kappa shape index (κ1) is 22.0. The Labute approximate surface area is 179 Å². The van der Waals surface area contributed by atoms with Crippen LogP contribution in [0.25, 0.3) is 0 Å². The molecule has 1 saturated heterocycles. The number of hydrogen-bond acceptors (Lipinski definition) is 6. The largest absolute Gasteiger partial charge is 0.459 e. The lowest BCUT2D eigenvalue weighted by molar-refractivity contribution is -0.168. The number of carbonyl (C=O) groups excluding carboxylic acids is 1. The lowest BCUT2D eigenvalue weighted by Crippen LogP contribution is -2.57. The molecule has 30 heavy (non-hydrogen) atoms. The van der Waals surface area contributed by atoms with Gasteiger partial charge in [-0.1, -0.05) is 45.9 Å². The van der Waals surface area contributed by atoms with Crippen molar-refractivity contribution in [3.8, 4) is 0 Å². The molecule has 2 fully saturated rings. The Hall–Kier alpha value is -1.21. The van der Waals surface area contributed by atoms with Gasteiger partial charge in [0.25, 0.3) is 0 Å². The zero-order chi connectivity index (χ0) is 22.0. The molecule has 4 rings (SSSR count). The van der Waals surface area contributed by atoms with Crippen molar-refractivity contribution in [3.05, 3.63) is 23.8 Å². The molecule has 0 aromatic heterocycles. The Kier molecular flexibility index (Phi) is 5.67. The number of rotatable bonds is 3. The van der Waals surface area contributed by atoms with E-state index in [0.29, 0.717) is 12.8 Å². The van der Waals surface area contributed by atoms with E-state index in [-0.39, 0.29) is 35.6 Å². The maximum Gasteiger partial charge on any atom is 0.310 e. The third-order valence-electron chi connectivity index (χ3n) is 8.31. The first-order chi connectivity index (χ1) is 14.2. The first-order valence-corrected chi connectivity index (χ1v) is 11.5. The van der Waals surface area contributed by atoms with Gasteiger partial charge in [0.1, 0.15) is 11.7 Å². The number of cyclic esters (lactones) is 1. The highest BCUT2D eigenvalue weighted by Gasteiger charge is 2.69. The molecule has 1 saturated carbocycles. The van der Waals surface area contributed by atoms with Gasteiger partial charge in [-0.25, -0.2) is 0 Å². The van der Waals surface area contributed by atoms with Gasteiger partial charge in [-0.15, -0.1) is 0 Å². The Morgan fingerprint density at radius 2 is 1.87 bits per heavy atom. The van der Waals surface area contributed by atoms with Crippen molar-refractivity contribution < 1.29 is 29.6 Å². The molecule has 6 heteroatoms. The van der Waals surface area contributed by atoms with E-state index in [1.807, 2.05) is 52.8 Å². The van der Waals surface area contributed by atoms with E-state index in [0.717, 1.165) is 5.57 Å². The molecule has 2 aliphatic heterocycles. The smallest absolute Gasteiger partial charge is 0.310 e. The Morgan fingerprint density at radius 1 is 1.17 bits per heavy atom. The number of carbonyl (C=O) groups is 1. The van der Waals surface area contributed by atoms with Crippen LogP contribution in [0, 0.1) is 35.5 Å². The van der Waals surface area contributed by atoms with Crippen molar-refractivity contribution in [2.75, 3.05) is 0 Å². The molecule has 0 unspecified atom stereocenters. The number of ether oxygens (including phenoxy) is 2. The molecule has 0 aromatic carbocycles. The van der Waals surface area contributed by atoms with Crippen LogP contribution in [0.5, 0.6) is 0 Å². The molecule has 0 aromatic rings. The summed E-state index contributed by atoms with van der Waals surface area (Å²) in [5.41, 5.74) is 0.0853. The number of esters is 1. The van der Waals surface area contributed by atoms with Crippen molar-refractivity contribution in [1.29, 1.82) is 0 Å². The molecule has 0 radical (unpaired) electrons. The molecular formula is C24H36O6. The minimum absolute atomic E-state index is 0.0904. The normalized spacial score (nSPS) is 52.9. The summed E-state index contributed by atoms with van der Waals surface area (Å²) in [6.07, 6.45) is 3.90. The highest BCUT2D eigenvalue weighted by Crippen LogP contribution is 2.61. The minimum Gasteiger partial charge on any atom is -0.459 e. The van der Waals surface area contributed by atoms with Gasteiger partial charge in [-0.05, 0) is 25.3 Å². The topological polar surface area (TPSA) is 96.2 Å². The highest BCUT2D eigenvalue weighted by molar-refractivity contribution is 5.74. The van der Waals surface area contributed by atoms with Crippen LogP contribution in [-0.2, 0) is 14.3 Å². The Bertz CT molecular complexity index is 746. The van der Waals surface area contributed by atoms with Crippen LogP contribution >= 0.6 is 0 Å². The zero-order valence-corrected chi connectivity index (χ0v) is 18.6. The van der Waals surface area contributed by atoms with E-state index in [1.54, 1.807) is 0 Å². The van der Waals surface area contributed by atoms with Crippen molar-refractivity contribution in [1.82, 2.24) is 0 Å². The van der Waals surface area contributed by atoms with E-state index in [4.69, 9.17) is 9.47 Å². The summed E-state index contributed by atoms with van der Waals surface area (Å²) in [5, 5.41) is 32.6. The van der Waals surface area contributed by atoms with Gasteiger partial charge < -0.3 is 24.8 Å². The monoisotopic (exact) mass is 420 g/mol. The van der Waals surface area contributed by atoms with Crippen molar-refractivity contribution in [2.24, 2.45) is 35.5 Å². The van der Waals surface area contributed by atoms with Crippen molar-refractivity contribution in [3.63, 3.8) is 0 Å². The van der Waals surface area contributed by atoms with E-state index in [1.165, 1.54) is 0 Å². The molecular weight excluding hydrogens is 384 g/mol. The van der Waals surface area contributed by atoms with Crippen LogP contribution in [0.3, 0.4) is 0 Å². The summed E-state index contributed by atoms with van der Waals surface area (Å²) >= 11 is 0. The van der Waals surface area contributed by atoms with Gasteiger partial charge in [-0.2, -0.15) is 0 Å². The summed E-state index contributed by atoms with van der Waals surface area (Å²) in [6, 6.07) is 0. The molecule has 2 heterocycles. The fraction of sp³-hybridized carbons (Fsp3) is 0.792. The van der Waals surface area contributed by atoms with Gasteiger partial charge in [-0.3, -0.25) is 4.79 Å². The highest BCUT2D eigenvalue weighted by atomic mass is 16.6. The molecule has 4 bridgehead atoms. The second-order valence-electron chi connectivity index (χ2n) is 9.83. The van der Waals surface area contributed by atoms with E-state index in [2.05, 4.69) is 0 Å². The predicted molar refractivity (Wildman–Crippen MR) is 111 cm³/mol. The molecule has 0 amide bonds. The maximum atomic E-state index is 13.3. The SMILES string of the molecule is CC[C@@H](O)[C@H]1OC(=O)[C@H](CC)[C@H]2C=C[C@H]3[C@H]4O[C@]2(/C(C)=C/[C@H]1C)[C@@H]3[C@H](O)[C@@H](C)[C@H]4O. The molecule has 1 spiro atoms. The summed E-state index contributed by atoms with van der Waals surface area (Å²) < 4.78 is 12.6. The second kappa shape index (κ2) is 7.73. The first-order valence-electron chi connectivity index (χ1n) is 11.5. The summed E-state index contributed by atoms with van der Waals surface area (Å²) in [7, 11) is 0. The van der Waals surface area contributed by atoms with Crippen LogP contribution in [-0.4, -0.2) is 57.4 Å². The van der Waals surface area contributed by atoms with E-state index >= 15 is 0 Å². The lowest BCUT2D eigenvalue weighted by atomic mass is 9.56. The van der Waals surface area contributed by atoms with Gasteiger partial charge >= 0.3 is 5.97 Å². The van der Waals surface area contributed by atoms with Crippen LogP contribution < -0.4 is 0 Å². The second-order valence-corrected chi connectivity index (χ2v) is 9.83. The molecule has 3 N–H and O–H groups in total. The fourth-order valence-electron chi connectivity index (χ4n) is 6.63. The van der Waals surface area contributed by atoms with Gasteiger partial charge in [0.15, 0.2) is 0 Å². The minimum atomic E-state index is -0.866. The Morgan fingerprint density at radius 3 is 2.50 bits per heavy atom. The van der Waals surface area contributed by atoms with Crippen LogP contribution in [0.15, 0.2) is 23.8 Å². The number of aliphatic hydroxyl groups excluding tert-OH is 3. The number of aliphatic hydroxyl groups is 3. The molecule has 6 nitrogen and oxygen atoms in total. The van der Waals surface area contributed by atoms with Crippen LogP contribution in [0.2, 0.25) is 0 Å². The summed E-state index contributed by atoms with van der Waals surface area (Å²) in [6.45, 7) is 9.65. The standard InChI is InChI=1S/C24H36O6/c1-6-14-16-9-8-15-18-19(26)13(5)20(27)22(15)30-24(16,18)12(4)10-11(3)21(17(25)7-2)29-23(14)28/h8-11,13-22,25-27H,6-7H2,1-5H3/b12-10+/t11-,13-,14-,15-,16-,17-,18+,19-,20-,21+,22-,24+/m1/s1. The third kappa shape index (κ3) is 2.87. The fourth-order valence-corrected chi connectivity index (χ4v) is 6.63. The molecule has 4 aliphatic rings. The predicted octanol–water partition coefficient (Wildman–Crippen LogP) is 2.22. The molecule has 168 valence electrons. The van der Waals surface area contributed by atoms with Crippen molar-refractivity contribution in [2.45, 2.75) is 83.6 Å². The third-order valence-corrected chi connectivity index (χ3v) is 8.31. The summed E-state index contributed by atoms with van der Waals surface area (Å²) in [5.74, 6) is -1.91. The average molecular weight is 421 g/mol. The van der Waals surface area contributed by atoms with Crippen molar-refractivity contribution >= 4 is 5.97 Å². The molecule has 12 atom stereocenters. The number of hydrogen-bond donors (Lipinski definition) is 3. The quantitative estimate of drug-likeness (QED) is 0.479. The van der Waals surface area contributed by atoms with Gasteiger partial charge in [0.05, 0.1) is 30.3 Å². The van der Waals surface area contributed by atoms with Gasteiger partial charge in [0.2, 0.25) is 0 Å². The van der Waals surface area contributed by atoms with E-state index in [9.17, 15) is 20.1 Å². The van der Waals surface area contributed by atoms with Crippen LogP contribution in [0.1, 0.15) is 47.5 Å². The molecule has 2 aliphatic carbocycles. The summed E-state index contributed by atoms with van der Waals surface area (Å²) in [4.78, 5) is 13.3. The zero-order valence-electron chi connectivity index (χ0n) is 18.6. The Balaban J connectivity index is 1.89.